The van der Waals surface area contributed by atoms with E-state index in [0.29, 0.717) is 6.61 Å². The summed E-state index contributed by atoms with van der Waals surface area (Å²) in [6.45, 7) is 0.556. The van der Waals surface area contributed by atoms with Gasteiger partial charge in [-0.3, -0.25) is 0 Å². The molecule has 130 valence electrons. The molecule has 0 N–H and O–H groups in total. The zero-order valence-electron chi connectivity index (χ0n) is 14.9. The first-order valence-electron chi connectivity index (χ1n) is 8.54. The molecule has 0 amide bonds. The minimum atomic E-state index is 0.556. The van der Waals surface area contributed by atoms with Gasteiger partial charge < -0.3 is 14.2 Å². The van der Waals surface area contributed by atoms with Crippen LogP contribution in [0.15, 0.2) is 72.8 Å². The topological polar surface area (TPSA) is 27.7 Å². The smallest absolute Gasteiger partial charge is 0.131 e. The maximum Gasteiger partial charge on any atom is 0.131 e. The number of hydrogen-bond acceptors (Lipinski definition) is 3. The lowest BCUT2D eigenvalue weighted by Crippen LogP contribution is -1.95. The molecule has 0 aromatic heterocycles. The van der Waals surface area contributed by atoms with E-state index in [1.807, 2.05) is 36.4 Å². The lowest BCUT2D eigenvalue weighted by atomic mass is 10.0. The molecule has 3 nitrogen and oxygen atoms in total. The Morgan fingerprint density at radius 2 is 1.46 bits per heavy atom. The Kier molecular flexibility index (Phi) is 4.36. The monoisotopic (exact) mass is 344 g/mol. The molecule has 0 heterocycles. The van der Waals surface area contributed by atoms with Gasteiger partial charge in [0, 0.05) is 11.5 Å². The number of fused-ring (bicyclic) bond motifs is 3. The summed E-state index contributed by atoms with van der Waals surface area (Å²) in [4.78, 5) is 0. The van der Waals surface area contributed by atoms with Crippen molar-refractivity contribution in [3.63, 3.8) is 0 Å². The quantitative estimate of drug-likeness (QED) is 0.442. The van der Waals surface area contributed by atoms with Crippen LogP contribution in [0.25, 0.3) is 21.5 Å². The molecule has 0 spiro atoms. The first-order valence-corrected chi connectivity index (χ1v) is 8.54. The molecule has 4 aromatic rings. The van der Waals surface area contributed by atoms with Gasteiger partial charge in [-0.1, -0.05) is 42.5 Å². The maximum atomic E-state index is 5.95. The van der Waals surface area contributed by atoms with Crippen molar-refractivity contribution < 1.29 is 14.2 Å². The van der Waals surface area contributed by atoms with Crippen molar-refractivity contribution in [2.75, 3.05) is 14.2 Å². The van der Waals surface area contributed by atoms with Crippen LogP contribution in [0.3, 0.4) is 0 Å². The fraction of sp³-hybridized carbons (Fsp3) is 0.130. The molecule has 4 aromatic carbocycles. The van der Waals surface area contributed by atoms with Crippen LogP contribution in [0.2, 0.25) is 0 Å². The Balaban J connectivity index is 1.74. The highest BCUT2D eigenvalue weighted by Crippen LogP contribution is 2.37. The van der Waals surface area contributed by atoms with Crippen LogP contribution in [0.5, 0.6) is 17.2 Å². The molecule has 0 atom stereocenters. The van der Waals surface area contributed by atoms with E-state index in [1.54, 1.807) is 14.2 Å². The van der Waals surface area contributed by atoms with Crippen LogP contribution < -0.4 is 14.2 Å². The van der Waals surface area contributed by atoms with Gasteiger partial charge in [0.05, 0.1) is 14.2 Å². The second kappa shape index (κ2) is 6.96. The van der Waals surface area contributed by atoms with Crippen LogP contribution >= 0.6 is 0 Å². The first-order chi connectivity index (χ1) is 12.8. The molecular weight excluding hydrogens is 324 g/mol. The number of ether oxygens (including phenoxy) is 3. The van der Waals surface area contributed by atoms with Crippen molar-refractivity contribution in [1.82, 2.24) is 0 Å². The van der Waals surface area contributed by atoms with Crippen molar-refractivity contribution in [2.24, 2.45) is 0 Å². The highest BCUT2D eigenvalue weighted by Gasteiger charge is 2.10. The van der Waals surface area contributed by atoms with Gasteiger partial charge in [-0.15, -0.1) is 0 Å². The summed E-state index contributed by atoms with van der Waals surface area (Å²) in [5.74, 6) is 2.45. The average Bonchev–Trinajstić information content (AvgIpc) is 2.71. The van der Waals surface area contributed by atoms with E-state index in [2.05, 4.69) is 36.4 Å². The fourth-order valence-corrected chi connectivity index (χ4v) is 3.23. The largest absolute Gasteiger partial charge is 0.497 e. The molecule has 0 bridgehead atoms. The van der Waals surface area contributed by atoms with E-state index in [1.165, 1.54) is 0 Å². The van der Waals surface area contributed by atoms with E-state index in [0.717, 1.165) is 44.4 Å². The molecule has 4 rings (SSSR count). The summed E-state index contributed by atoms with van der Waals surface area (Å²) < 4.78 is 16.9. The summed E-state index contributed by atoms with van der Waals surface area (Å²) in [5, 5.41) is 4.42. The van der Waals surface area contributed by atoms with Gasteiger partial charge in [-0.2, -0.15) is 0 Å². The van der Waals surface area contributed by atoms with Gasteiger partial charge >= 0.3 is 0 Å². The summed E-state index contributed by atoms with van der Waals surface area (Å²) in [6, 6.07) is 24.5. The molecule has 0 saturated heterocycles. The average molecular weight is 344 g/mol. The predicted molar refractivity (Wildman–Crippen MR) is 105 cm³/mol. The number of methoxy groups -OCH3 is 2. The molecule has 0 radical (unpaired) electrons. The molecule has 26 heavy (non-hydrogen) atoms. The molecule has 3 heteroatoms. The third kappa shape index (κ3) is 3.04. The normalized spacial score (nSPS) is 10.8. The molecule has 0 aliphatic rings. The first kappa shape index (κ1) is 16.3. The molecular formula is C23H20O3. The van der Waals surface area contributed by atoms with Gasteiger partial charge in [-0.05, 0) is 46.0 Å². The van der Waals surface area contributed by atoms with E-state index < -0.39 is 0 Å². The molecule has 0 saturated carbocycles. The Bertz CT molecular complexity index is 1060. The zero-order chi connectivity index (χ0) is 17.9. The standard InChI is InChI=1S/C23H20O3/c1-24-20-13-18-9-8-17-12-19(26-15-16-6-4-3-5-7-16)10-11-21(17)23(18)22(14-20)25-2/h3-14H,15H2,1-2H3. The summed E-state index contributed by atoms with van der Waals surface area (Å²) in [7, 11) is 3.35. The van der Waals surface area contributed by atoms with Gasteiger partial charge in [0.25, 0.3) is 0 Å². The highest BCUT2D eigenvalue weighted by atomic mass is 16.5. The van der Waals surface area contributed by atoms with E-state index >= 15 is 0 Å². The van der Waals surface area contributed by atoms with Crippen LogP contribution in [0.1, 0.15) is 5.56 Å². The maximum absolute atomic E-state index is 5.95. The Hall–Kier alpha value is -3.20. The van der Waals surface area contributed by atoms with E-state index in [-0.39, 0.29) is 0 Å². The molecule has 0 unspecified atom stereocenters. The summed E-state index contributed by atoms with van der Waals surface area (Å²) in [5.41, 5.74) is 1.15. The number of hydrogen-bond donors (Lipinski definition) is 0. The lowest BCUT2D eigenvalue weighted by Gasteiger charge is -2.13. The minimum absolute atomic E-state index is 0.556. The Morgan fingerprint density at radius 3 is 2.23 bits per heavy atom. The summed E-state index contributed by atoms with van der Waals surface area (Å²) in [6.07, 6.45) is 0. The third-order valence-electron chi connectivity index (χ3n) is 4.54. The van der Waals surface area contributed by atoms with Gasteiger partial charge in [0.1, 0.15) is 23.9 Å². The van der Waals surface area contributed by atoms with Crippen molar-refractivity contribution >= 4 is 21.5 Å². The highest BCUT2D eigenvalue weighted by molar-refractivity contribution is 6.11. The van der Waals surface area contributed by atoms with Crippen molar-refractivity contribution in [3.05, 3.63) is 78.4 Å². The fourth-order valence-electron chi connectivity index (χ4n) is 3.23. The zero-order valence-corrected chi connectivity index (χ0v) is 14.9. The minimum Gasteiger partial charge on any atom is -0.497 e. The second-order valence-corrected chi connectivity index (χ2v) is 6.15. The summed E-state index contributed by atoms with van der Waals surface area (Å²) >= 11 is 0. The predicted octanol–water partition coefficient (Wildman–Crippen LogP) is 5.59. The van der Waals surface area contributed by atoms with Crippen molar-refractivity contribution in [2.45, 2.75) is 6.61 Å². The van der Waals surface area contributed by atoms with Crippen LogP contribution in [-0.4, -0.2) is 14.2 Å². The van der Waals surface area contributed by atoms with Crippen molar-refractivity contribution in [3.8, 4) is 17.2 Å². The van der Waals surface area contributed by atoms with E-state index in [4.69, 9.17) is 14.2 Å². The molecule has 0 fully saturated rings. The SMILES string of the molecule is COc1cc(OC)c2c(ccc3cc(OCc4ccccc4)ccc32)c1. The van der Waals surface area contributed by atoms with Crippen LogP contribution in [0, 0.1) is 0 Å². The van der Waals surface area contributed by atoms with Crippen LogP contribution in [0.4, 0.5) is 0 Å². The van der Waals surface area contributed by atoms with Crippen LogP contribution in [-0.2, 0) is 6.61 Å². The Labute approximate surface area is 152 Å². The van der Waals surface area contributed by atoms with Crippen molar-refractivity contribution in [1.29, 1.82) is 0 Å². The van der Waals surface area contributed by atoms with Gasteiger partial charge in [0.2, 0.25) is 0 Å². The third-order valence-corrected chi connectivity index (χ3v) is 4.54. The number of rotatable bonds is 5. The lowest BCUT2D eigenvalue weighted by molar-refractivity contribution is 0.306. The molecule has 0 aliphatic carbocycles. The number of benzene rings is 4. The van der Waals surface area contributed by atoms with E-state index in [9.17, 15) is 0 Å². The van der Waals surface area contributed by atoms with Gasteiger partial charge in [-0.25, -0.2) is 0 Å². The molecule has 0 aliphatic heterocycles. The van der Waals surface area contributed by atoms with Gasteiger partial charge in [0.15, 0.2) is 0 Å². The Morgan fingerprint density at radius 1 is 0.692 bits per heavy atom. The second-order valence-electron chi connectivity index (χ2n) is 6.15.